The number of rotatable bonds is 3. The Morgan fingerprint density at radius 3 is 1.86 bits per heavy atom. The van der Waals surface area contributed by atoms with Crippen molar-refractivity contribution in [3.05, 3.63) is 170 Å². The third kappa shape index (κ3) is 3.87. The molecule has 0 aliphatic heterocycles. The monoisotopic (exact) mass is 636 g/mol. The molecule has 4 heteroatoms. The Labute approximate surface area is 287 Å². The van der Waals surface area contributed by atoms with E-state index in [9.17, 15) is 0 Å². The minimum absolute atomic E-state index is 0.655. The second-order valence-corrected chi connectivity index (χ2v) is 13.0. The third-order valence-electron chi connectivity index (χ3n) is 10.3. The van der Waals surface area contributed by atoms with Crippen LogP contribution in [-0.2, 0) is 0 Å². The average molecular weight is 637 g/mol. The minimum Gasteiger partial charge on any atom is -0.309 e. The third-order valence-corrected chi connectivity index (χ3v) is 10.3. The fraction of sp³-hybridized carbons (Fsp3) is 0. The highest BCUT2D eigenvalue weighted by atomic mass is 15.2. The van der Waals surface area contributed by atoms with Crippen LogP contribution in [0.25, 0.3) is 99.0 Å². The molecule has 0 saturated carbocycles. The van der Waals surface area contributed by atoms with Gasteiger partial charge >= 0.3 is 0 Å². The average Bonchev–Trinajstić information content (AvgIpc) is 3.69. The first-order chi connectivity index (χ1) is 24.8. The lowest BCUT2D eigenvalue weighted by Crippen LogP contribution is -2.04. The van der Waals surface area contributed by atoms with Crippen LogP contribution in [0.1, 0.15) is 0 Å². The molecule has 0 bridgehead atoms. The first kappa shape index (κ1) is 27.2. The predicted molar refractivity (Wildman–Crippen MR) is 209 cm³/mol. The van der Waals surface area contributed by atoms with Gasteiger partial charge in [0.2, 0.25) is 5.95 Å². The zero-order chi connectivity index (χ0) is 32.8. The van der Waals surface area contributed by atoms with Crippen molar-refractivity contribution in [2.24, 2.45) is 0 Å². The molecule has 0 amide bonds. The maximum atomic E-state index is 5.37. The molecule has 0 unspecified atom stereocenters. The van der Waals surface area contributed by atoms with Gasteiger partial charge in [-0.15, -0.1) is 0 Å². The number of nitrogens with zero attached hydrogens (tertiary/aromatic N) is 4. The van der Waals surface area contributed by atoms with E-state index in [1.807, 2.05) is 6.07 Å². The van der Waals surface area contributed by atoms with Crippen LogP contribution in [0.4, 0.5) is 0 Å². The van der Waals surface area contributed by atoms with E-state index in [4.69, 9.17) is 9.97 Å². The molecule has 0 fully saturated rings. The van der Waals surface area contributed by atoms with Gasteiger partial charge in [0, 0.05) is 43.6 Å². The molecule has 0 saturated heterocycles. The van der Waals surface area contributed by atoms with Gasteiger partial charge in [0.25, 0.3) is 0 Å². The van der Waals surface area contributed by atoms with Crippen LogP contribution in [0.15, 0.2) is 170 Å². The Balaban J connectivity index is 1.29. The Bertz CT molecular complexity index is 3150. The van der Waals surface area contributed by atoms with Gasteiger partial charge in [0.15, 0.2) is 0 Å². The molecule has 0 N–H and O–H groups in total. The molecule has 8 aromatic carbocycles. The fourth-order valence-corrected chi connectivity index (χ4v) is 8.02. The van der Waals surface area contributed by atoms with Crippen LogP contribution in [0.3, 0.4) is 0 Å². The van der Waals surface area contributed by atoms with Crippen LogP contribution in [0.2, 0.25) is 0 Å². The minimum atomic E-state index is 0.655. The molecule has 11 aromatic rings. The molecule has 4 nitrogen and oxygen atoms in total. The molecule has 0 aliphatic rings. The molecule has 232 valence electrons. The standard InChI is InChI=1S/C46H28N4/c1-2-13-30(14-3-1)44-38-19-8-10-20-40(38)47-46(48-44)50-42-27-32-16-5-4-15-31(32)26-39(42)36-25-23-33(28-43(36)50)49-41-21-11-9-18-35(41)37-24-22-29-12-6-7-17-34(29)45(37)49/h1-28H. The number of para-hydroxylation sites is 2. The van der Waals surface area contributed by atoms with Crippen LogP contribution in [-0.4, -0.2) is 19.1 Å². The van der Waals surface area contributed by atoms with Crippen LogP contribution in [0, 0.1) is 0 Å². The maximum Gasteiger partial charge on any atom is 0.235 e. The second-order valence-electron chi connectivity index (χ2n) is 13.0. The number of hydrogen-bond donors (Lipinski definition) is 0. The van der Waals surface area contributed by atoms with Gasteiger partial charge in [0.1, 0.15) is 0 Å². The Hall–Kier alpha value is -6.78. The summed E-state index contributed by atoms with van der Waals surface area (Å²) in [6.45, 7) is 0. The molecule has 3 aromatic heterocycles. The highest BCUT2D eigenvalue weighted by Crippen LogP contribution is 2.40. The largest absolute Gasteiger partial charge is 0.309 e. The van der Waals surface area contributed by atoms with Gasteiger partial charge in [-0.3, -0.25) is 4.57 Å². The van der Waals surface area contributed by atoms with E-state index in [2.05, 4.69) is 173 Å². The Morgan fingerprint density at radius 1 is 0.360 bits per heavy atom. The highest BCUT2D eigenvalue weighted by molar-refractivity contribution is 6.19. The molecule has 0 atom stereocenters. The van der Waals surface area contributed by atoms with Gasteiger partial charge in [0.05, 0.1) is 33.3 Å². The van der Waals surface area contributed by atoms with E-state index in [1.54, 1.807) is 0 Å². The summed E-state index contributed by atoms with van der Waals surface area (Å²) in [5.74, 6) is 0.655. The molecule has 0 aliphatic carbocycles. The molecule has 3 heterocycles. The molecule has 0 radical (unpaired) electrons. The van der Waals surface area contributed by atoms with Crippen molar-refractivity contribution in [2.75, 3.05) is 0 Å². The molecule has 50 heavy (non-hydrogen) atoms. The van der Waals surface area contributed by atoms with Gasteiger partial charge in [-0.1, -0.05) is 133 Å². The molecular formula is C46H28N4. The van der Waals surface area contributed by atoms with Gasteiger partial charge in [-0.2, -0.15) is 0 Å². The van der Waals surface area contributed by atoms with Crippen LogP contribution in [0.5, 0.6) is 0 Å². The van der Waals surface area contributed by atoms with Crippen molar-refractivity contribution in [1.82, 2.24) is 19.1 Å². The van der Waals surface area contributed by atoms with Crippen molar-refractivity contribution in [1.29, 1.82) is 0 Å². The summed E-state index contributed by atoms with van der Waals surface area (Å²) in [5, 5.41) is 10.7. The number of aromatic nitrogens is 4. The quantitative estimate of drug-likeness (QED) is 0.193. The van der Waals surface area contributed by atoms with E-state index >= 15 is 0 Å². The Morgan fingerprint density at radius 2 is 1.00 bits per heavy atom. The van der Waals surface area contributed by atoms with E-state index in [-0.39, 0.29) is 0 Å². The van der Waals surface area contributed by atoms with E-state index in [0.29, 0.717) is 5.95 Å². The van der Waals surface area contributed by atoms with Crippen LogP contribution >= 0.6 is 0 Å². The second kappa shape index (κ2) is 10.4. The molecular weight excluding hydrogens is 609 g/mol. The lowest BCUT2D eigenvalue weighted by atomic mass is 10.1. The van der Waals surface area contributed by atoms with Gasteiger partial charge in [-0.05, 0) is 52.6 Å². The normalized spacial score (nSPS) is 12.0. The van der Waals surface area contributed by atoms with Crippen molar-refractivity contribution in [2.45, 2.75) is 0 Å². The predicted octanol–water partition coefficient (Wildman–Crippen LogP) is 11.8. The lowest BCUT2D eigenvalue weighted by molar-refractivity contribution is 1.01. The molecule has 0 spiro atoms. The fourth-order valence-electron chi connectivity index (χ4n) is 8.02. The zero-order valence-electron chi connectivity index (χ0n) is 27.0. The van der Waals surface area contributed by atoms with Crippen molar-refractivity contribution in [3.8, 4) is 22.9 Å². The van der Waals surface area contributed by atoms with Gasteiger partial charge in [-0.25, -0.2) is 9.97 Å². The summed E-state index contributed by atoms with van der Waals surface area (Å²) in [6, 6.07) is 60.8. The number of benzene rings is 8. The smallest absolute Gasteiger partial charge is 0.235 e. The van der Waals surface area contributed by atoms with E-state index in [0.717, 1.165) is 44.3 Å². The summed E-state index contributed by atoms with van der Waals surface area (Å²) < 4.78 is 4.70. The first-order valence-corrected chi connectivity index (χ1v) is 17.0. The molecule has 11 rings (SSSR count). The summed E-state index contributed by atoms with van der Waals surface area (Å²) in [6.07, 6.45) is 0. The topological polar surface area (TPSA) is 35.6 Å². The summed E-state index contributed by atoms with van der Waals surface area (Å²) >= 11 is 0. The SMILES string of the molecule is c1ccc(-c2nc(-n3c4cc(-n5c6ccccc6c6ccc7ccccc7c65)ccc4c4cc5ccccc5cc43)nc3ccccc23)cc1. The number of fused-ring (bicyclic) bond motifs is 10. The van der Waals surface area contributed by atoms with Crippen molar-refractivity contribution in [3.63, 3.8) is 0 Å². The van der Waals surface area contributed by atoms with E-state index < -0.39 is 0 Å². The van der Waals surface area contributed by atoms with E-state index in [1.165, 1.54) is 48.7 Å². The lowest BCUT2D eigenvalue weighted by Gasteiger charge is -2.13. The van der Waals surface area contributed by atoms with Crippen molar-refractivity contribution < 1.29 is 0 Å². The van der Waals surface area contributed by atoms with Crippen molar-refractivity contribution >= 4 is 76.1 Å². The highest BCUT2D eigenvalue weighted by Gasteiger charge is 2.20. The Kier molecular flexibility index (Phi) is 5.63. The zero-order valence-corrected chi connectivity index (χ0v) is 27.0. The first-order valence-electron chi connectivity index (χ1n) is 17.0. The van der Waals surface area contributed by atoms with Crippen LogP contribution < -0.4 is 0 Å². The summed E-state index contributed by atoms with van der Waals surface area (Å²) in [5.41, 5.74) is 8.54. The number of hydrogen-bond acceptors (Lipinski definition) is 2. The summed E-state index contributed by atoms with van der Waals surface area (Å²) in [4.78, 5) is 10.6. The maximum absolute atomic E-state index is 5.37. The summed E-state index contributed by atoms with van der Waals surface area (Å²) in [7, 11) is 0. The van der Waals surface area contributed by atoms with Gasteiger partial charge < -0.3 is 4.57 Å².